The van der Waals surface area contributed by atoms with Crippen LogP contribution in [-0.4, -0.2) is 39.0 Å². The lowest BCUT2D eigenvalue weighted by Crippen LogP contribution is -2.20. The maximum absolute atomic E-state index is 11.9. The van der Waals surface area contributed by atoms with Crippen molar-refractivity contribution in [1.29, 1.82) is 0 Å². The van der Waals surface area contributed by atoms with Gasteiger partial charge in [0, 0.05) is 33.7 Å². The molecular formula is C13H21N3O3S. The zero-order valence-corrected chi connectivity index (χ0v) is 12.9. The van der Waals surface area contributed by atoms with Gasteiger partial charge in [-0.05, 0) is 6.42 Å². The van der Waals surface area contributed by atoms with Crippen molar-refractivity contribution in [3.05, 3.63) is 10.4 Å². The molecule has 0 saturated heterocycles. The molecule has 1 amide bonds. The Morgan fingerprint density at radius 3 is 2.65 bits per heavy atom. The van der Waals surface area contributed by atoms with Crippen LogP contribution in [0.2, 0.25) is 0 Å². The topological polar surface area (TPSA) is 93.4 Å². The van der Waals surface area contributed by atoms with Crippen molar-refractivity contribution < 1.29 is 14.3 Å². The van der Waals surface area contributed by atoms with Crippen LogP contribution in [0.1, 0.15) is 39.8 Å². The first-order chi connectivity index (χ1) is 9.56. The summed E-state index contributed by atoms with van der Waals surface area (Å²) in [7, 11) is 3.17. The van der Waals surface area contributed by atoms with Gasteiger partial charge in [0.2, 0.25) is 0 Å². The first kappa shape index (κ1) is 16.5. The minimum atomic E-state index is -0.289. The summed E-state index contributed by atoms with van der Waals surface area (Å²) in [5, 5.41) is 6.33. The van der Waals surface area contributed by atoms with Crippen molar-refractivity contribution in [2.75, 3.05) is 38.4 Å². The maximum Gasteiger partial charge on any atom is 0.256 e. The molecule has 7 heteroatoms. The smallest absolute Gasteiger partial charge is 0.256 e. The van der Waals surface area contributed by atoms with E-state index in [4.69, 9.17) is 10.5 Å². The predicted octanol–water partition coefficient (Wildman–Crippen LogP) is 1.73. The molecule has 20 heavy (non-hydrogen) atoms. The Morgan fingerprint density at radius 1 is 1.40 bits per heavy atom. The number of nitrogens with two attached hydrogens (primary N) is 1. The lowest BCUT2D eigenvalue weighted by molar-refractivity contribution is 0.0964. The average Bonchev–Trinajstić information content (AvgIpc) is 2.79. The molecule has 0 aromatic carbocycles. The van der Waals surface area contributed by atoms with Crippen LogP contribution in [0.25, 0.3) is 0 Å². The molecular weight excluding hydrogens is 278 g/mol. The summed E-state index contributed by atoms with van der Waals surface area (Å²) in [6.07, 6.45) is 1.17. The predicted molar refractivity (Wildman–Crippen MR) is 81.7 cm³/mol. The fraction of sp³-hybridized carbons (Fsp3) is 0.538. The number of ether oxygens (including phenoxy) is 1. The Morgan fingerprint density at radius 2 is 2.10 bits per heavy atom. The Bertz CT molecular complexity index is 485. The molecule has 1 heterocycles. The van der Waals surface area contributed by atoms with Gasteiger partial charge in [0.1, 0.15) is 5.00 Å². The van der Waals surface area contributed by atoms with Crippen LogP contribution in [0.4, 0.5) is 10.7 Å². The van der Waals surface area contributed by atoms with Crippen molar-refractivity contribution >= 4 is 33.7 Å². The van der Waals surface area contributed by atoms with Gasteiger partial charge in [-0.3, -0.25) is 9.59 Å². The second-order valence-electron chi connectivity index (χ2n) is 4.18. The Hall–Kier alpha value is -1.60. The third-order valence-electron chi connectivity index (χ3n) is 2.78. The van der Waals surface area contributed by atoms with Gasteiger partial charge in [0.15, 0.2) is 5.78 Å². The Kier molecular flexibility index (Phi) is 6.47. The molecule has 0 fully saturated rings. The number of amides is 1. The van der Waals surface area contributed by atoms with Gasteiger partial charge >= 0.3 is 0 Å². The number of carbonyl (C=O) groups is 2. The molecule has 112 valence electrons. The lowest BCUT2D eigenvalue weighted by atomic mass is 10.1. The second-order valence-corrected chi connectivity index (χ2v) is 5.20. The van der Waals surface area contributed by atoms with Crippen LogP contribution >= 0.6 is 11.3 Å². The van der Waals surface area contributed by atoms with Crippen LogP contribution in [0.3, 0.4) is 0 Å². The maximum atomic E-state index is 11.9. The third-order valence-corrected chi connectivity index (χ3v) is 3.99. The third kappa shape index (κ3) is 3.71. The normalized spacial score (nSPS) is 10.3. The summed E-state index contributed by atoms with van der Waals surface area (Å²) in [5.74, 6) is -0.342. The number of methoxy groups -OCH3 is 1. The zero-order chi connectivity index (χ0) is 15.1. The van der Waals surface area contributed by atoms with Crippen molar-refractivity contribution in [1.82, 2.24) is 5.32 Å². The molecule has 0 aliphatic heterocycles. The van der Waals surface area contributed by atoms with Gasteiger partial charge in [-0.2, -0.15) is 0 Å². The standard InChI is InChI=1S/C13H21N3O3S/c1-4-8(17)11-10(14)9(12(18)15-2)13(20-11)16-6-5-7-19-3/h16H,4-7,14H2,1-3H3,(H,15,18). The highest BCUT2D eigenvalue weighted by Crippen LogP contribution is 2.36. The quantitative estimate of drug-likeness (QED) is 0.502. The summed E-state index contributed by atoms with van der Waals surface area (Å²) in [5.41, 5.74) is 6.56. The van der Waals surface area contributed by atoms with Crippen LogP contribution in [-0.2, 0) is 4.74 Å². The molecule has 6 nitrogen and oxygen atoms in total. The molecule has 1 aromatic heterocycles. The van der Waals surface area contributed by atoms with E-state index in [-0.39, 0.29) is 17.4 Å². The zero-order valence-electron chi connectivity index (χ0n) is 12.0. The number of nitrogens with one attached hydrogen (secondary N) is 2. The van der Waals surface area contributed by atoms with Crippen molar-refractivity contribution in [3.8, 4) is 0 Å². The van der Waals surface area contributed by atoms with Crippen molar-refractivity contribution in [3.63, 3.8) is 0 Å². The monoisotopic (exact) mass is 299 g/mol. The summed E-state index contributed by atoms with van der Waals surface area (Å²) < 4.78 is 4.97. The van der Waals surface area contributed by atoms with Crippen LogP contribution in [0.5, 0.6) is 0 Å². The van der Waals surface area contributed by atoms with E-state index in [9.17, 15) is 9.59 Å². The molecule has 0 spiro atoms. The molecule has 0 radical (unpaired) electrons. The van der Waals surface area contributed by atoms with Gasteiger partial charge in [0.05, 0.1) is 16.1 Å². The van der Waals surface area contributed by atoms with Gasteiger partial charge in [0.25, 0.3) is 5.91 Å². The van der Waals surface area contributed by atoms with E-state index in [2.05, 4.69) is 10.6 Å². The lowest BCUT2D eigenvalue weighted by Gasteiger charge is -2.06. The number of nitrogen functional groups attached to an aromatic ring is 1. The summed E-state index contributed by atoms with van der Waals surface area (Å²) >= 11 is 1.23. The summed E-state index contributed by atoms with van der Waals surface area (Å²) in [6, 6.07) is 0. The van der Waals surface area contributed by atoms with E-state index in [1.54, 1.807) is 14.0 Å². The molecule has 0 unspecified atom stereocenters. The largest absolute Gasteiger partial charge is 0.397 e. The van der Waals surface area contributed by atoms with Crippen LogP contribution < -0.4 is 16.4 Å². The van der Waals surface area contributed by atoms with Crippen LogP contribution in [0.15, 0.2) is 0 Å². The van der Waals surface area contributed by atoms with Gasteiger partial charge in [-0.15, -0.1) is 11.3 Å². The van der Waals surface area contributed by atoms with Gasteiger partial charge in [-0.25, -0.2) is 0 Å². The number of ketones is 1. The Balaban J connectivity index is 3.01. The summed E-state index contributed by atoms with van der Waals surface area (Å²) in [4.78, 5) is 24.2. The minimum absolute atomic E-state index is 0.0532. The van der Waals surface area contributed by atoms with Gasteiger partial charge < -0.3 is 21.1 Å². The minimum Gasteiger partial charge on any atom is -0.397 e. The van der Waals surface area contributed by atoms with E-state index >= 15 is 0 Å². The van der Waals surface area contributed by atoms with E-state index in [1.807, 2.05) is 0 Å². The second kappa shape index (κ2) is 7.86. The molecule has 0 bridgehead atoms. The van der Waals surface area contributed by atoms with Crippen molar-refractivity contribution in [2.24, 2.45) is 0 Å². The number of hydrogen-bond donors (Lipinski definition) is 3. The molecule has 0 saturated carbocycles. The number of carbonyl (C=O) groups excluding carboxylic acids is 2. The number of rotatable bonds is 8. The fourth-order valence-electron chi connectivity index (χ4n) is 1.70. The summed E-state index contributed by atoms with van der Waals surface area (Å²) in [6.45, 7) is 3.05. The Labute approximate surface area is 122 Å². The first-order valence-corrected chi connectivity index (χ1v) is 7.28. The number of hydrogen-bond acceptors (Lipinski definition) is 6. The van der Waals surface area contributed by atoms with E-state index in [1.165, 1.54) is 18.4 Å². The average molecular weight is 299 g/mol. The molecule has 1 rings (SSSR count). The van der Waals surface area contributed by atoms with E-state index in [0.717, 1.165) is 6.42 Å². The SMILES string of the molecule is CCC(=O)c1sc(NCCCOC)c(C(=O)NC)c1N. The number of anilines is 2. The molecule has 0 atom stereocenters. The fourth-order valence-corrected chi connectivity index (χ4v) is 2.86. The highest BCUT2D eigenvalue weighted by atomic mass is 32.1. The van der Waals surface area contributed by atoms with E-state index < -0.39 is 0 Å². The highest BCUT2D eigenvalue weighted by Gasteiger charge is 2.23. The van der Waals surface area contributed by atoms with Gasteiger partial charge in [-0.1, -0.05) is 6.92 Å². The van der Waals surface area contributed by atoms with E-state index in [0.29, 0.717) is 35.0 Å². The van der Waals surface area contributed by atoms with Crippen molar-refractivity contribution in [2.45, 2.75) is 19.8 Å². The molecule has 4 N–H and O–H groups in total. The molecule has 1 aromatic rings. The first-order valence-electron chi connectivity index (χ1n) is 6.47. The highest BCUT2D eigenvalue weighted by molar-refractivity contribution is 7.19. The molecule has 0 aliphatic rings. The number of Topliss-reactive ketones (excluding diaryl/α,β-unsaturated/α-hetero) is 1. The molecule has 0 aliphatic carbocycles. The van der Waals surface area contributed by atoms with Crippen LogP contribution in [0, 0.1) is 0 Å². The number of thiophene rings is 1.